The maximum Gasteiger partial charge on any atom is 0.355 e. The van der Waals surface area contributed by atoms with Gasteiger partial charge in [-0.25, -0.2) is 19.4 Å². The molecule has 0 amide bonds. The molecule has 0 aliphatic rings. The van der Waals surface area contributed by atoms with E-state index in [1.807, 2.05) is 35.9 Å². The Morgan fingerprint density at radius 1 is 1.20 bits per heavy atom. The Hall–Kier alpha value is -3.02. The highest BCUT2D eigenvalue weighted by Gasteiger charge is 2.13. The number of aromatic nitrogens is 4. The Balaban J connectivity index is 1.85. The van der Waals surface area contributed by atoms with Crippen molar-refractivity contribution in [2.75, 3.05) is 0 Å². The molecule has 0 radical (unpaired) electrons. The first-order chi connectivity index (χ1) is 12.1. The van der Waals surface area contributed by atoms with Gasteiger partial charge in [0.05, 0.1) is 6.54 Å². The topological polar surface area (TPSA) is 80.9 Å². The molecule has 6 heteroatoms. The number of nitrogens with zero attached hydrogens (tertiary/aromatic N) is 4. The summed E-state index contributed by atoms with van der Waals surface area (Å²) in [7, 11) is 0. The van der Waals surface area contributed by atoms with Crippen molar-refractivity contribution in [2.24, 2.45) is 0 Å². The van der Waals surface area contributed by atoms with Gasteiger partial charge in [0.1, 0.15) is 11.6 Å². The molecule has 0 unspecified atom stereocenters. The van der Waals surface area contributed by atoms with Crippen LogP contribution in [0.15, 0.2) is 42.6 Å². The third-order valence-electron chi connectivity index (χ3n) is 3.94. The number of rotatable bonds is 6. The standard InChI is InChI=1S/C19H20N4O2/c1-3-5-17-21-13(2)22-23(17)12-14-7-9-15(10-8-14)16-6-4-11-20-18(16)19(24)25/h4,6-11H,3,5,12H2,1-2H3,(H,24,25). The van der Waals surface area contributed by atoms with Crippen LogP contribution in [0.2, 0.25) is 0 Å². The highest BCUT2D eigenvalue weighted by molar-refractivity contribution is 5.93. The predicted molar refractivity (Wildman–Crippen MR) is 94.5 cm³/mol. The lowest BCUT2D eigenvalue weighted by Gasteiger charge is -2.08. The molecular weight excluding hydrogens is 316 g/mol. The molecule has 0 aliphatic heterocycles. The number of aryl methyl sites for hydroxylation is 2. The summed E-state index contributed by atoms with van der Waals surface area (Å²) < 4.78 is 1.93. The van der Waals surface area contributed by atoms with Gasteiger partial charge < -0.3 is 5.11 Å². The molecule has 3 aromatic rings. The molecule has 1 N–H and O–H groups in total. The first kappa shape index (κ1) is 16.8. The van der Waals surface area contributed by atoms with E-state index < -0.39 is 5.97 Å². The summed E-state index contributed by atoms with van der Waals surface area (Å²) in [5.74, 6) is 0.744. The zero-order chi connectivity index (χ0) is 17.8. The minimum atomic E-state index is -1.03. The summed E-state index contributed by atoms with van der Waals surface area (Å²) in [6, 6.07) is 11.3. The van der Waals surface area contributed by atoms with Gasteiger partial charge in [-0.1, -0.05) is 37.3 Å². The summed E-state index contributed by atoms with van der Waals surface area (Å²) in [5, 5.41) is 13.7. The van der Waals surface area contributed by atoms with E-state index in [2.05, 4.69) is 22.0 Å². The molecule has 3 rings (SSSR count). The third kappa shape index (κ3) is 3.74. The van der Waals surface area contributed by atoms with Crippen molar-refractivity contribution in [2.45, 2.75) is 33.2 Å². The summed E-state index contributed by atoms with van der Waals surface area (Å²) in [4.78, 5) is 19.8. The number of pyridine rings is 1. The van der Waals surface area contributed by atoms with Crippen molar-refractivity contribution in [3.8, 4) is 11.1 Å². The number of hydrogen-bond donors (Lipinski definition) is 1. The fourth-order valence-corrected chi connectivity index (χ4v) is 2.81. The SMILES string of the molecule is CCCc1nc(C)nn1Cc1ccc(-c2cccnc2C(=O)O)cc1. The average Bonchev–Trinajstić information content (AvgIpc) is 2.95. The van der Waals surface area contributed by atoms with Crippen molar-refractivity contribution in [3.05, 3.63) is 65.5 Å². The van der Waals surface area contributed by atoms with Crippen molar-refractivity contribution in [3.63, 3.8) is 0 Å². The van der Waals surface area contributed by atoms with E-state index in [1.165, 1.54) is 6.20 Å². The van der Waals surface area contributed by atoms with Gasteiger partial charge in [-0.2, -0.15) is 5.10 Å². The van der Waals surface area contributed by atoms with E-state index in [0.29, 0.717) is 12.1 Å². The summed E-state index contributed by atoms with van der Waals surface area (Å²) in [6.45, 7) is 4.67. The minimum Gasteiger partial charge on any atom is -0.476 e. The van der Waals surface area contributed by atoms with Gasteiger partial charge in [0.25, 0.3) is 0 Å². The van der Waals surface area contributed by atoms with Crippen LogP contribution in [-0.2, 0) is 13.0 Å². The van der Waals surface area contributed by atoms with Gasteiger partial charge in [0.15, 0.2) is 5.69 Å². The van der Waals surface area contributed by atoms with Gasteiger partial charge in [0, 0.05) is 18.2 Å². The monoisotopic (exact) mass is 336 g/mol. The molecule has 0 atom stereocenters. The molecule has 0 spiro atoms. The van der Waals surface area contributed by atoms with Gasteiger partial charge in [-0.05, 0) is 30.5 Å². The van der Waals surface area contributed by atoms with Gasteiger partial charge >= 0.3 is 5.97 Å². The lowest BCUT2D eigenvalue weighted by molar-refractivity contribution is 0.0691. The second-order valence-electron chi connectivity index (χ2n) is 5.88. The van der Waals surface area contributed by atoms with Crippen LogP contribution in [0.4, 0.5) is 0 Å². The van der Waals surface area contributed by atoms with Crippen molar-refractivity contribution in [1.29, 1.82) is 0 Å². The zero-order valence-electron chi connectivity index (χ0n) is 14.3. The molecule has 0 fully saturated rings. The summed E-state index contributed by atoms with van der Waals surface area (Å²) in [6.07, 6.45) is 3.41. The Bertz CT molecular complexity index is 885. The molecule has 0 saturated heterocycles. The maximum absolute atomic E-state index is 11.3. The van der Waals surface area contributed by atoms with E-state index in [0.717, 1.165) is 35.6 Å². The van der Waals surface area contributed by atoms with Crippen LogP contribution in [-0.4, -0.2) is 30.8 Å². The molecule has 128 valence electrons. The maximum atomic E-state index is 11.3. The van der Waals surface area contributed by atoms with E-state index >= 15 is 0 Å². The zero-order valence-corrected chi connectivity index (χ0v) is 14.3. The normalized spacial score (nSPS) is 10.8. The second kappa shape index (κ2) is 7.25. The molecule has 0 bridgehead atoms. The predicted octanol–water partition coefficient (Wildman–Crippen LogP) is 3.35. The van der Waals surface area contributed by atoms with Crippen LogP contribution in [0, 0.1) is 6.92 Å². The summed E-state index contributed by atoms with van der Waals surface area (Å²) >= 11 is 0. The smallest absolute Gasteiger partial charge is 0.355 e. The quantitative estimate of drug-likeness (QED) is 0.746. The average molecular weight is 336 g/mol. The first-order valence-corrected chi connectivity index (χ1v) is 8.26. The number of carbonyl (C=O) groups is 1. The Kier molecular flexibility index (Phi) is 4.88. The van der Waals surface area contributed by atoms with Crippen molar-refractivity contribution < 1.29 is 9.90 Å². The van der Waals surface area contributed by atoms with Crippen LogP contribution < -0.4 is 0 Å². The largest absolute Gasteiger partial charge is 0.476 e. The summed E-state index contributed by atoms with van der Waals surface area (Å²) in [5.41, 5.74) is 2.60. The molecule has 6 nitrogen and oxygen atoms in total. The fraction of sp³-hybridized carbons (Fsp3) is 0.263. The number of aromatic carboxylic acids is 1. The van der Waals surface area contributed by atoms with Crippen LogP contribution >= 0.6 is 0 Å². The number of carboxylic acid groups (broad SMARTS) is 1. The second-order valence-corrected chi connectivity index (χ2v) is 5.88. The van der Waals surface area contributed by atoms with E-state index in [4.69, 9.17) is 0 Å². The van der Waals surface area contributed by atoms with Crippen LogP contribution in [0.3, 0.4) is 0 Å². The number of hydrogen-bond acceptors (Lipinski definition) is 4. The van der Waals surface area contributed by atoms with Crippen molar-refractivity contribution >= 4 is 5.97 Å². The van der Waals surface area contributed by atoms with Gasteiger partial charge in [-0.3, -0.25) is 0 Å². The van der Waals surface area contributed by atoms with Crippen LogP contribution in [0.25, 0.3) is 11.1 Å². The van der Waals surface area contributed by atoms with Crippen molar-refractivity contribution in [1.82, 2.24) is 19.7 Å². The molecule has 25 heavy (non-hydrogen) atoms. The molecular formula is C19H20N4O2. The Morgan fingerprint density at radius 2 is 1.96 bits per heavy atom. The number of carboxylic acids is 1. The van der Waals surface area contributed by atoms with E-state index in [1.54, 1.807) is 12.1 Å². The van der Waals surface area contributed by atoms with E-state index in [9.17, 15) is 9.90 Å². The number of benzene rings is 1. The highest BCUT2D eigenvalue weighted by Crippen LogP contribution is 2.23. The Morgan fingerprint density at radius 3 is 2.64 bits per heavy atom. The first-order valence-electron chi connectivity index (χ1n) is 8.26. The fourth-order valence-electron chi connectivity index (χ4n) is 2.81. The third-order valence-corrected chi connectivity index (χ3v) is 3.94. The van der Waals surface area contributed by atoms with Crippen LogP contribution in [0.5, 0.6) is 0 Å². The van der Waals surface area contributed by atoms with Gasteiger partial charge in [0.2, 0.25) is 0 Å². The molecule has 2 aromatic heterocycles. The lowest BCUT2D eigenvalue weighted by Crippen LogP contribution is -2.07. The molecule has 0 aliphatic carbocycles. The highest BCUT2D eigenvalue weighted by atomic mass is 16.4. The lowest BCUT2D eigenvalue weighted by atomic mass is 10.0. The Labute approximate surface area is 146 Å². The minimum absolute atomic E-state index is 0.0624. The molecule has 1 aromatic carbocycles. The van der Waals surface area contributed by atoms with Crippen LogP contribution in [0.1, 0.15) is 41.0 Å². The molecule has 2 heterocycles. The van der Waals surface area contributed by atoms with Gasteiger partial charge in [-0.15, -0.1) is 0 Å². The molecule has 0 saturated carbocycles. The van der Waals surface area contributed by atoms with E-state index in [-0.39, 0.29) is 5.69 Å².